The van der Waals surface area contributed by atoms with Gasteiger partial charge in [0.25, 0.3) is 0 Å². The summed E-state index contributed by atoms with van der Waals surface area (Å²) in [7, 11) is 0. The molecule has 0 aliphatic carbocycles. The maximum absolute atomic E-state index is 9.99. The summed E-state index contributed by atoms with van der Waals surface area (Å²) in [6, 6.07) is 0. The molecule has 4 atom stereocenters. The third-order valence-electron chi connectivity index (χ3n) is 3.13. The van der Waals surface area contributed by atoms with E-state index >= 15 is 0 Å². The summed E-state index contributed by atoms with van der Waals surface area (Å²) in [5.41, 5.74) is -1.49. The molecule has 0 radical (unpaired) electrons. The summed E-state index contributed by atoms with van der Waals surface area (Å²) in [5, 5.41) is 28.9. The molecule has 4 heteroatoms. The summed E-state index contributed by atoms with van der Waals surface area (Å²) in [6.07, 6.45) is 0.220. The molecule has 1 aliphatic heterocycles. The quantitative estimate of drug-likeness (QED) is 0.577. The number of aliphatic hydroxyl groups excluding tert-OH is 2. The van der Waals surface area contributed by atoms with Crippen LogP contribution in [0.5, 0.6) is 0 Å². The highest BCUT2D eigenvalue weighted by Crippen LogP contribution is 2.39. The fraction of sp³-hybridized carbons (Fsp3) is 0.818. The molecule has 1 rings (SSSR count). The zero-order chi connectivity index (χ0) is 11.9. The number of hydrogen-bond donors (Lipinski definition) is 3. The number of aliphatic hydroxyl groups is 3. The molecule has 88 valence electrons. The topological polar surface area (TPSA) is 69.9 Å². The molecule has 0 amide bonds. The van der Waals surface area contributed by atoms with Crippen LogP contribution in [0, 0.1) is 0 Å². The average Bonchev–Trinajstić information content (AvgIpc) is 2.28. The van der Waals surface area contributed by atoms with Crippen molar-refractivity contribution in [3.8, 4) is 0 Å². The zero-order valence-corrected chi connectivity index (χ0v) is 9.69. The summed E-state index contributed by atoms with van der Waals surface area (Å²) in [4.78, 5) is 0. The predicted octanol–water partition coefficient (Wildman–Crippen LogP) is 0.214. The third-order valence-corrected chi connectivity index (χ3v) is 3.13. The van der Waals surface area contributed by atoms with Crippen molar-refractivity contribution < 1.29 is 20.1 Å². The maximum Gasteiger partial charge on any atom is 0.117 e. The first-order valence-electron chi connectivity index (χ1n) is 5.11. The monoisotopic (exact) mass is 216 g/mol. The Labute approximate surface area is 90.2 Å². The molecule has 1 aliphatic rings. The summed E-state index contributed by atoms with van der Waals surface area (Å²) in [6.45, 7) is 6.64. The van der Waals surface area contributed by atoms with Crippen LogP contribution in [0.25, 0.3) is 0 Å². The fourth-order valence-corrected chi connectivity index (χ4v) is 2.02. The lowest BCUT2D eigenvalue weighted by molar-refractivity contribution is -0.0580. The maximum atomic E-state index is 9.99. The van der Waals surface area contributed by atoms with Gasteiger partial charge in [-0.2, -0.15) is 0 Å². The van der Waals surface area contributed by atoms with Gasteiger partial charge in [-0.25, -0.2) is 0 Å². The molecule has 1 saturated heterocycles. The van der Waals surface area contributed by atoms with Crippen molar-refractivity contribution in [2.45, 2.75) is 51.1 Å². The van der Waals surface area contributed by atoms with Gasteiger partial charge in [-0.15, -0.1) is 0 Å². The van der Waals surface area contributed by atoms with E-state index in [1.54, 1.807) is 33.8 Å². The minimum atomic E-state index is -1.26. The fourth-order valence-electron chi connectivity index (χ4n) is 2.02. The van der Waals surface area contributed by atoms with E-state index < -0.39 is 23.4 Å². The van der Waals surface area contributed by atoms with E-state index in [9.17, 15) is 10.2 Å². The first-order chi connectivity index (χ1) is 6.74. The molecular weight excluding hydrogens is 196 g/mol. The molecule has 0 aromatic carbocycles. The standard InChI is InChI=1S/C11H20O4/c1-7(6-12)5-10(3)9(13)11(4,14)8(2)15-10/h5,8-9,12-14H,6H2,1-4H3/b7-5+/t8-,9-,10-,11-/m1/s1. The molecular formula is C11H20O4. The van der Waals surface area contributed by atoms with Gasteiger partial charge in [0.15, 0.2) is 0 Å². The Morgan fingerprint density at radius 2 is 2.00 bits per heavy atom. The Morgan fingerprint density at radius 3 is 2.33 bits per heavy atom. The van der Waals surface area contributed by atoms with Crippen molar-refractivity contribution in [3.63, 3.8) is 0 Å². The van der Waals surface area contributed by atoms with Crippen LogP contribution >= 0.6 is 0 Å². The van der Waals surface area contributed by atoms with Crippen molar-refractivity contribution in [1.29, 1.82) is 0 Å². The molecule has 0 unspecified atom stereocenters. The van der Waals surface area contributed by atoms with E-state index in [0.717, 1.165) is 0 Å². The molecule has 0 saturated carbocycles. The molecule has 0 aromatic rings. The van der Waals surface area contributed by atoms with E-state index in [2.05, 4.69) is 0 Å². The van der Waals surface area contributed by atoms with Crippen molar-refractivity contribution >= 4 is 0 Å². The van der Waals surface area contributed by atoms with Crippen LogP contribution in [0.15, 0.2) is 11.6 Å². The van der Waals surface area contributed by atoms with Crippen molar-refractivity contribution in [3.05, 3.63) is 11.6 Å². The minimum Gasteiger partial charge on any atom is -0.392 e. The van der Waals surface area contributed by atoms with Crippen LogP contribution < -0.4 is 0 Å². The number of hydrogen-bond acceptors (Lipinski definition) is 4. The van der Waals surface area contributed by atoms with Crippen LogP contribution in [-0.4, -0.2) is 45.3 Å². The van der Waals surface area contributed by atoms with Gasteiger partial charge >= 0.3 is 0 Å². The van der Waals surface area contributed by atoms with Gasteiger partial charge in [0.05, 0.1) is 12.7 Å². The first-order valence-corrected chi connectivity index (χ1v) is 5.11. The number of rotatable bonds is 2. The molecule has 0 aromatic heterocycles. The molecule has 15 heavy (non-hydrogen) atoms. The van der Waals surface area contributed by atoms with Crippen LogP contribution in [0.1, 0.15) is 27.7 Å². The van der Waals surface area contributed by atoms with E-state index in [4.69, 9.17) is 9.84 Å². The molecule has 0 bridgehead atoms. The van der Waals surface area contributed by atoms with Gasteiger partial charge in [-0.3, -0.25) is 0 Å². The van der Waals surface area contributed by atoms with Crippen molar-refractivity contribution in [2.24, 2.45) is 0 Å². The highest BCUT2D eigenvalue weighted by Gasteiger charge is 2.55. The molecule has 1 heterocycles. The SMILES string of the molecule is C/C(=C\[C@@]1(C)O[C@H](C)[C@@](C)(O)[C@@H]1O)CO. The van der Waals surface area contributed by atoms with E-state index in [1.165, 1.54) is 0 Å². The second-order valence-corrected chi connectivity index (χ2v) is 4.72. The lowest BCUT2D eigenvalue weighted by Gasteiger charge is -2.28. The Balaban J connectivity index is 2.99. The molecule has 0 spiro atoms. The average molecular weight is 216 g/mol. The minimum absolute atomic E-state index is 0.0812. The van der Waals surface area contributed by atoms with Gasteiger partial charge in [-0.1, -0.05) is 0 Å². The largest absolute Gasteiger partial charge is 0.392 e. The lowest BCUT2D eigenvalue weighted by atomic mass is 9.86. The van der Waals surface area contributed by atoms with Gasteiger partial charge in [0.1, 0.15) is 17.3 Å². The molecule has 4 nitrogen and oxygen atoms in total. The van der Waals surface area contributed by atoms with Gasteiger partial charge in [0, 0.05) is 0 Å². The predicted molar refractivity (Wildman–Crippen MR) is 56.4 cm³/mol. The highest BCUT2D eigenvalue weighted by molar-refractivity contribution is 5.18. The van der Waals surface area contributed by atoms with Gasteiger partial charge in [0.2, 0.25) is 0 Å². The van der Waals surface area contributed by atoms with Crippen LogP contribution in [0.3, 0.4) is 0 Å². The van der Waals surface area contributed by atoms with Gasteiger partial charge < -0.3 is 20.1 Å². The van der Waals surface area contributed by atoms with Crippen LogP contribution in [0.2, 0.25) is 0 Å². The second-order valence-electron chi connectivity index (χ2n) is 4.72. The Hall–Kier alpha value is -0.420. The lowest BCUT2D eigenvalue weighted by Crippen LogP contribution is -2.47. The van der Waals surface area contributed by atoms with E-state index in [1.807, 2.05) is 0 Å². The zero-order valence-electron chi connectivity index (χ0n) is 9.69. The normalized spacial score (nSPS) is 47.3. The molecule has 1 fully saturated rings. The summed E-state index contributed by atoms with van der Waals surface area (Å²) >= 11 is 0. The first kappa shape index (κ1) is 12.6. The summed E-state index contributed by atoms with van der Waals surface area (Å²) in [5.74, 6) is 0. The Bertz CT molecular complexity index is 272. The molecule has 3 N–H and O–H groups in total. The van der Waals surface area contributed by atoms with Crippen molar-refractivity contribution in [2.75, 3.05) is 6.61 Å². The van der Waals surface area contributed by atoms with E-state index in [0.29, 0.717) is 5.57 Å². The van der Waals surface area contributed by atoms with Crippen molar-refractivity contribution in [1.82, 2.24) is 0 Å². The summed E-state index contributed by atoms with van der Waals surface area (Å²) < 4.78 is 5.56. The highest BCUT2D eigenvalue weighted by atomic mass is 16.6. The third kappa shape index (κ3) is 2.08. The Kier molecular flexibility index (Phi) is 3.26. The Morgan fingerprint density at radius 1 is 1.47 bits per heavy atom. The van der Waals surface area contributed by atoms with Crippen LogP contribution in [-0.2, 0) is 4.74 Å². The number of ether oxygens (including phenoxy) is 1. The van der Waals surface area contributed by atoms with Gasteiger partial charge in [-0.05, 0) is 39.3 Å². The van der Waals surface area contributed by atoms with Crippen LogP contribution in [0.4, 0.5) is 0 Å². The van der Waals surface area contributed by atoms with E-state index in [-0.39, 0.29) is 6.61 Å². The smallest absolute Gasteiger partial charge is 0.117 e. The second kappa shape index (κ2) is 3.87.